The smallest absolute Gasteiger partial charge is 0.417 e. The maximum absolute atomic E-state index is 12.8. The average molecular weight is 488 g/mol. The third kappa shape index (κ3) is 6.80. The summed E-state index contributed by atoms with van der Waals surface area (Å²) in [6.07, 6.45) is -3.21. The number of esters is 1. The average Bonchev–Trinajstić information content (AvgIpc) is 2.72. The fourth-order valence-electron chi connectivity index (χ4n) is 2.73. The summed E-state index contributed by atoms with van der Waals surface area (Å²) >= 11 is 5.88. The van der Waals surface area contributed by atoms with E-state index in [2.05, 4.69) is 15.1 Å². The van der Waals surface area contributed by atoms with Crippen LogP contribution in [-0.2, 0) is 22.2 Å². The Morgan fingerprint density at radius 2 is 1.94 bits per heavy atom. The highest BCUT2D eigenvalue weighted by molar-refractivity contribution is 6.31. The van der Waals surface area contributed by atoms with Gasteiger partial charge in [-0.1, -0.05) is 23.7 Å². The lowest BCUT2D eigenvalue weighted by Crippen LogP contribution is -2.28. The van der Waals surface area contributed by atoms with Crippen LogP contribution in [0.15, 0.2) is 17.4 Å². The quantitative estimate of drug-likeness (QED) is 0.279. The number of hydrogen-bond donors (Lipinski definition) is 0. The van der Waals surface area contributed by atoms with Gasteiger partial charge in [-0.15, -0.1) is 0 Å². The van der Waals surface area contributed by atoms with Crippen molar-refractivity contribution < 1.29 is 32.3 Å². The monoisotopic (exact) mass is 487 g/mol. The number of carbonyl (C=O) groups is 1. The number of aryl methyl sites for hydroxylation is 2. The molecule has 0 bridgehead atoms. The summed E-state index contributed by atoms with van der Waals surface area (Å²) in [5.41, 5.74) is 1.66. The summed E-state index contributed by atoms with van der Waals surface area (Å²) < 4.78 is 49.2. The molecule has 0 amide bonds. The topological polar surface area (TPSA) is 82.9 Å². The molecule has 0 radical (unpaired) electrons. The van der Waals surface area contributed by atoms with Crippen molar-refractivity contribution in [3.05, 3.63) is 45.4 Å². The van der Waals surface area contributed by atoms with Crippen LogP contribution < -0.4 is 9.47 Å². The summed E-state index contributed by atoms with van der Waals surface area (Å²) in [5.74, 6) is -0.269. The number of hydrogen-bond acceptors (Lipinski definition) is 7. The fraction of sp³-hybridized carbons (Fsp3) is 0.455. The molecule has 2 heterocycles. The van der Waals surface area contributed by atoms with Crippen LogP contribution in [0.4, 0.5) is 13.2 Å². The zero-order chi connectivity index (χ0) is 24.9. The van der Waals surface area contributed by atoms with Crippen LogP contribution in [0.2, 0.25) is 5.02 Å². The molecule has 2 atom stereocenters. The predicted octanol–water partition coefficient (Wildman–Crippen LogP) is 5.46. The second-order valence-electron chi connectivity index (χ2n) is 7.34. The first kappa shape index (κ1) is 26.4. The molecule has 0 aliphatic rings. The Hall–Kier alpha value is -2.88. The van der Waals surface area contributed by atoms with Crippen LogP contribution >= 0.6 is 11.6 Å². The molecule has 0 saturated heterocycles. The first-order valence-corrected chi connectivity index (χ1v) is 10.5. The van der Waals surface area contributed by atoms with Gasteiger partial charge < -0.3 is 14.3 Å². The second-order valence-corrected chi connectivity index (χ2v) is 7.74. The standard InChI is InChI=1S/C22H25ClF3N3O4/c1-7-19-17(20(32-15(6)30)11(2)12(3)29-19)10-28-33-14(5)13(4)31-21-18(23)8-16(9-27-21)22(24,25)26/h8-10,13-14H,7H2,1-6H3/b28-10+. The van der Waals surface area contributed by atoms with Crippen molar-refractivity contribution in [1.82, 2.24) is 9.97 Å². The van der Waals surface area contributed by atoms with Crippen molar-refractivity contribution in [2.24, 2.45) is 5.16 Å². The second kappa shape index (κ2) is 10.8. The number of pyridine rings is 2. The molecule has 2 unspecified atom stereocenters. The van der Waals surface area contributed by atoms with E-state index in [0.29, 0.717) is 35.2 Å². The third-order valence-corrected chi connectivity index (χ3v) is 5.10. The number of nitrogens with zero attached hydrogens (tertiary/aromatic N) is 3. The van der Waals surface area contributed by atoms with Gasteiger partial charge in [0.25, 0.3) is 0 Å². The van der Waals surface area contributed by atoms with E-state index in [0.717, 1.165) is 11.8 Å². The fourth-order valence-corrected chi connectivity index (χ4v) is 2.94. The Morgan fingerprint density at radius 1 is 1.27 bits per heavy atom. The zero-order valence-corrected chi connectivity index (χ0v) is 19.8. The van der Waals surface area contributed by atoms with Gasteiger partial charge in [-0.25, -0.2) is 4.98 Å². The van der Waals surface area contributed by atoms with E-state index in [1.807, 2.05) is 13.8 Å². The van der Waals surface area contributed by atoms with Crippen molar-refractivity contribution in [2.45, 2.75) is 66.3 Å². The van der Waals surface area contributed by atoms with Crippen molar-refractivity contribution in [1.29, 1.82) is 0 Å². The molecule has 0 N–H and O–H groups in total. The van der Waals surface area contributed by atoms with Gasteiger partial charge in [0.2, 0.25) is 5.88 Å². The molecule has 7 nitrogen and oxygen atoms in total. The Labute approximate surface area is 194 Å². The summed E-state index contributed by atoms with van der Waals surface area (Å²) in [6.45, 7) is 10.1. The van der Waals surface area contributed by atoms with E-state index >= 15 is 0 Å². The Kier molecular flexibility index (Phi) is 8.65. The molecule has 2 aromatic heterocycles. The van der Waals surface area contributed by atoms with E-state index in [9.17, 15) is 18.0 Å². The summed E-state index contributed by atoms with van der Waals surface area (Å²) in [7, 11) is 0. The normalized spacial score (nSPS) is 13.6. The van der Waals surface area contributed by atoms with Gasteiger partial charge in [0.05, 0.1) is 23.0 Å². The van der Waals surface area contributed by atoms with Gasteiger partial charge >= 0.3 is 12.1 Å². The Balaban J connectivity index is 2.16. The van der Waals surface area contributed by atoms with Gasteiger partial charge in [-0.05, 0) is 40.2 Å². The molecule has 0 spiro atoms. The molecule has 0 aliphatic carbocycles. The number of carbonyl (C=O) groups excluding carboxylic acids is 1. The number of oxime groups is 1. The molecule has 180 valence electrons. The minimum absolute atomic E-state index is 0.152. The van der Waals surface area contributed by atoms with Crippen LogP contribution in [0, 0.1) is 13.8 Å². The van der Waals surface area contributed by atoms with E-state index < -0.39 is 29.9 Å². The van der Waals surface area contributed by atoms with Crippen molar-refractivity contribution in [2.75, 3.05) is 0 Å². The van der Waals surface area contributed by atoms with Crippen LogP contribution in [0.25, 0.3) is 0 Å². The first-order valence-electron chi connectivity index (χ1n) is 10.1. The highest BCUT2D eigenvalue weighted by Gasteiger charge is 2.32. The first-order chi connectivity index (χ1) is 15.3. The molecule has 2 aromatic rings. The summed E-state index contributed by atoms with van der Waals surface area (Å²) in [6, 6.07) is 0.746. The van der Waals surface area contributed by atoms with Crippen LogP contribution in [0.3, 0.4) is 0 Å². The van der Waals surface area contributed by atoms with Crippen molar-refractivity contribution in [3.8, 4) is 11.6 Å². The molecule has 33 heavy (non-hydrogen) atoms. The molecule has 0 fully saturated rings. The number of alkyl halides is 3. The largest absolute Gasteiger partial charge is 0.470 e. The number of aromatic nitrogens is 2. The summed E-state index contributed by atoms with van der Waals surface area (Å²) in [4.78, 5) is 25.2. The Morgan fingerprint density at radius 3 is 2.48 bits per heavy atom. The van der Waals surface area contributed by atoms with E-state index in [-0.39, 0.29) is 10.9 Å². The molecule has 0 saturated carbocycles. The van der Waals surface area contributed by atoms with Gasteiger partial charge in [-0.2, -0.15) is 13.2 Å². The minimum Gasteiger partial charge on any atom is -0.470 e. The van der Waals surface area contributed by atoms with Crippen molar-refractivity contribution in [3.63, 3.8) is 0 Å². The van der Waals surface area contributed by atoms with E-state index in [1.165, 1.54) is 13.1 Å². The van der Waals surface area contributed by atoms with Crippen LogP contribution in [0.1, 0.15) is 55.8 Å². The molecular formula is C22H25ClF3N3O4. The lowest BCUT2D eigenvalue weighted by molar-refractivity contribution is -0.138. The maximum Gasteiger partial charge on any atom is 0.417 e. The molecule has 0 aliphatic heterocycles. The lowest BCUT2D eigenvalue weighted by Gasteiger charge is -2.20. The molecular weight excluding hydrogens is 463 g/mol. The molecule has 2 rings (SSSR count). The Bertz CT molecular complexity index is 1040. The summed E-state index contributed by atoms with van der Waals surface area (Å²) in [5, 5.41) is 3.71. The van der Waals surface area contributed by atoms with Crippen LogP contribution in [-0.4, -0.2) is 34.4 Å². The van der Waals surface area contributed by atoms with E-state index in [1.54, 1.807) is 20.8 Å². The van der Waals surface area contributed by atoms with Gasteiger partial charge in [-0.3, -0.25) is 9.78 Å². The zero-order valence-electron chi connectivity index (χ0n) is 19.1. The third-order valence-electron chi connectivity index (χ3n) is 4.82. The predicted molar refractivity (Wildman–Crippen MR) is 117 cm³/mol. The van der Waals surface area contributed by atoms with Gasteiger partial charge in [0.1, 0.15) is 16.9 Å². The number of ether oxygens (including phenoxy) is 2. The van der Waals surface area contributed by atoms with Crippen molar-refractivity contribution >= 4 is 23.8 Å². The highest BCUT2D eigenvalue weighted by atomic mass is 35.5. The lowest BCUT2D eigenvalue weighted by atomic mass is 10.1. The minimum atomic E-state index is -4.56. The van der Waals surface area contributed by atoms with Gasteiger partial charge in [0.15, 0.2) is 6.10 Å². The maximum atomic E-state index is 12.8. The number of rotatable bonds is 8. The molecule has 0 aromatic carbocycles. The highest BCUT2D eigenvalue weighted by Crippen LogP contribution is 2.33. The van der Waals surface area contributed by atoms with Gasteiger partial charge in [0, 0.05) is 24.4 Å². The van der Waals surface area contributed by atoms with E-state index in [4.69, 9.17) is 25.9 Å². The number of halogens is 4. The SMILES string of the molecule is CCc1nc(C)c(C)c(OC(C)=O)c1/C=N/OC(C)C(C)Oc1ncc(C(F)(F)F)cc1Cl. The van der Waals surface area contributed by atoms with Crippen LogP contribution in [0.5, 0.6) is 11.6 Å². The molecule has 11 heteroatoms.